The van der Waals surface area contributed by atoms with Crippen LogP contribution in [0.5, 0.6) is 5.75 Å². The van der Waals surface area contributed by atoms with Crippen LogP contribution in [0, 0.1) is 0 Å². The zero-order valence-corrected chi connectivity index (χ0v) is 14.2. The first-order valence-electron chi connectivity index (χ1n) is 7.66. The molecule has 1 aromatic carbocycles. The number of benzene rings is 1. The maximum absolute atomic E-state index is 11.4. The van der Waals surface area contributed by atoms with Gasteiger partial charge in [-0.1, -0.05) is 12.1 Å². The number of rotatable bonds is 5. The zero-order chi connectivity index (χ0) is 17.0. The van der Waals surface area contributed by atoms with E-state index in [1.807, 2.05) is 24.3 Å². The summed E-state index contributed by atoms with van der Waals surface area (Å²) >= 11 is -2.36. The second-order valence-electron chi connectivity index (χ2n) is 5.69. The Bertz CT molecular complexity index is 705. The van der Waals surface area contributed by atoms with Gasteiger partial charge in [0.05, 0.1) is 12.6 Å². The molecule has 0 saturated carbocycles. The Morgan fingerprint density at radius 3 is 2.58 bits per heavy atom. The molecule has 8 heteroatoms. The highest BCUT2D eigenvalue weighted by Crippen LogP contribution is 2.35. The number of hydrogen-bond donors (Lipinski definition) is 1. The molecule has 1 saturated heterocycles. The predicted octanol–water partition coefficient (Wildman–Crippen LogP) is 1.36. The van der Waals surface area contributed by atoms with Crippen LogP contribution < -0.4 is 14.4 Å². The third-order valence-corrected chi connectivity index (χ3v) is 4.91. The molecule has 0 amide bonds. The number of ether oxygens (including phenoxy) is 1. The van der Waals surface area contributed by atoms with Crippen molar-refractivity contribution in [3.63, 3.8) is 0 Å². The summed E-state index contributed by atoms with van der Waals surface area (Å²) in [4.78, 5) is 10.6. The van der Waals surface area contributed by atoms with E-state index in [0.717, 1.165) is 5.56 Å². The van der Waals surface area contributed by atoms with Crippen molar-refractivity contribution in [2.24, 2.45) is 0 Å². The van der Waals surface area contributed by atoms with Gasteiger partial charge in [-0.2, -0.15) is 0 Å². The zero-order valence-electron chi connectivity index (χ0n) is 13.3. The lowest BCUT2D eigenvalue weighted by Gasteiger charge is -2.43. The number of methoxy groups -OCH3 is 1. The standard InChI is InChI=1S/C16H20N4O3S/c1-23-14-5-2-4-13(12-14)16(19-24(21)22)6-10-20(11-7-16)15-17-8-3-9-18-15/h2-5,8-9,12,19H,6-7,10-11H2,1H3,(H,21,22)/p-1. The van der Waals surface area contributed by atoms with Gasteiger partial charge in [-0.15, -0.1) is 0 Å². The van der Waals surface area contributed by atoms with E-state index in [-0.39, 0.29) is 0 Å². The first-order chi connectivity index (χ1) is 11.6. The minimum atomic E-state index is -2.36. The normalized spacial score (nSPS) is 18.2. The molecule has 1 unspecified atom stereocenters. The first-order valence-corrected chi connectivity index (χ1v) is 8.74. The van der Waals surface area contributed by atoms with Gasteiger partial charge < -0.3 is 14.2 Å². The largest absolute Gasteiger partial charge is 0.760 e. The van der Waals surface area contributed by atoms with Crippen LogP contribution in [-0.2, 0) is 16.8 Å². The van der Waals surface area contributed by atoms with E-state index in [4.69, 9.17) is 4.74 Å². The number of hydrogen-bond acceptors (Lipinski definition) is 6. The molecule has 1 fully saturated rings. The topological polar surface area (TPSA) is 90.4 Å². The Morgan fingerprint density at radius 2 is 1.96 bits per heavy atom. The van der Waals surface area contributed by atoms with Crippen LogP contribution in [0.3, 0.4) is 0 Å². The van der Waals surface area contributed by atoms with Crippen molar-refractivity contribution in [2.45, 2.75) is 18.4 Å². The average molecular weight is 347 g/mol. The van der Waals surface area contributed by atoms with E-state index in [2.05, 4.69) is 19.6 Å². The van der Waals surface area contributed by atoms with E-state index < -0.39 is 16.8 Å². The van der Waals surface area contributed by atoms with Crippen LogP contribution in [0.4, 0.5) is 5.95 Å². The molecule has 2 heterocycles. The molecule has 0 bridgehead atoms. The van der Waals surface area contributed by atoms with Crippen LogP contribution in [0.15, 0.2) is 42.7 Å². The van der Waals surface area contributed by atoms with Crippen molar-refractivity contribution in [1.29, 1.82) is 0 Å². The molecular formula is C16H19N4O3S-. The summed E-state index contributed by atoms with van der Waals surface area (Å²) in [5.41, 5.74) is 0.256. The summed E-state index contributed by atoms with van der Waals surface area (Å²) in [5, 5.41) is 0. The summed E-state index contributed by atoms with van der Waals surface area (Å²) < 4.78 is 30.7. The number of anilines is 1. The number of aromatic nitrogens is 2. The smallest absolute Gasteiger partial charge is 0.225 e. The van der Waals surface area contributed by atoms with Gasteiger partial charge in [0.1, 0.15) is 5.75 Å². The van der Waals surface area contributed by atoms with Gasteiger partial charge >= 0.3 is 0 Å². The SMILES string of the molecule is COc1cccc(C2(NS(=O)[O-])CCN(c3ncccn3)CC2)c1. The highest BCUT2D eigenvalue weighted by atomic mass is 32.2. The summed E-state index contributed by atoms with van der Waals surface area (Å²) in [6.45, 7) is 1.32. The molecule has 0 aliphatic carbocycles. The lowest BCUT2D eigenvalue weighted by Crippen LogP contribution is -2.52. The van der Waals surface area contributed by atoms with Gasteiger partial charge in [0.2, 0.25) is 5.95 Å². The van der Waals surface area contributed by atoms with Crippen LogP contribution in [0.1, 0.15) is 18.4 Å². The Labute approximate surface area is 143 Å². The molecule has 3 rings (SSSR count). The van der Waals surface area contributed by atoms with E-state index >= 15 is 0 Å². The molecule has 0 spiro atoms. The molecule has 1 N–H and O–H groups in total. The lowest BCUT2D eigenvalue weighted by atomic mass is 9.82. The maximum atomic E-state index is 11.4. The lowest BCUT2D eigenvalue weighted by molar-refractivity contribution is 0.301. The van der Waals surface area contributed by atoms with Gasteiger partial charge in [-0.05, 0) is 36.6 Å². The van der Waals surface area contributed by atoms with E-state index in [0.29, 0.717) is 37.6 Å². The van der Waals surface area contributed by atoms with Crippen LogP contribution in [0.2, 0.25) is 0 Å². The van der Waals surface area contributed by atoms with E-state index in [1.54, 1.807) is 25.6 Å². The van der Waals surface area contributed by atoms with Gasteiger partial charge in [0.25, 0.3) is 0 Å². The van der Waals surface area contributed by atoms with Crippen LogP contribution in [-0.4, -0.2) is 38.9 Å². The second kappa shape index (κ2) is 7.25. The van der Waals surface area contributed by atoms with Crippen molar-refractivity contribution in [2.75, 3.05) is 25.1 Å². The first kappa shape index (κ1) is 16.8. The number of piperidine rings is 1. The van der Waals surface area contributed by atoms with Gasteiger partial charge in [-0.25, -0.2) is 14.7 Å². The highest BCUT2D eigenvalue weighted by Gasteiger charge is 2.37. The van der Waals surface area contributed by atoms with Gasteiger partial charge in [-0.3, -0.25) is 4.21 Å². The fourth-order valence-electron chi connectivity index (χ4n) is 3.07. The average Bonchev–Trinajstić information content (AvgIpc) is 2.62. The van der Waals surface area contributed by atoms with E-state index in [9.17, 15) is 8.76 Å². The molecule has 1 aliphatic heterocycles. The molecule has 0 radical (unpaired) electrons. The highest BCUT2D eigenvalue weighted by molar-refractivity contribution is 7.77. The van der Waals surface area contributed by atoms with Crippen LogP contribution >= 0.6 is 0 Å². The van der Waals surface area contributed by atoms with Crippen molar-refractivity contribution in [3.8, 4) is 5.75 Å². The van der Waals surface area contributed by atoms with Crippen molar-refractivity contribution >= 4 is 17.2 Å². The fraction of sp³-hybridized carbons (Fsp3) is 0.375. The molecule has 2 aromatic rings. The number of nitrogens with one attached hydrogen (secondary N) is 1. The monoisotopic (exact) mass is 347 g/mol. The molecule has 1 atom stereocenters. The summed E-state index contributed by atoms with van der Waals surface area (Å²) in [5.74, 6) is 1.37. The summed E-state index contributed by atoms with van der Waals surface area (Å²) in [6.07, 6.45) is 4.65. The summed E-state index contributed by atoms with van der Waals surface area (Å²) in [6, 6.07) is 9.30. The Kier molecular flexibility index (Phi) is 5.08. The summed E-state index contributed by atoms with van der Waals surface area (Å²) in [7, 11) is 1.60. The van der Waals surface area contributed by atoms with Crippen LogP contribution in [0.25, 0.3) is 0 Å². The molecular weight excluding hydrogens is 328 g/mol. The van der Waals surface area contributed by atoms with Gasteiger partial charge in [0.15, 0.2) is 0 Å². The van der Waals surface area contributed by atoms with Crippen molar-refractivity contribution in [3.05, 3.63) is 48.3 Å². The number of nitrogens with zero attached hydrogens (tertiary/aromatic N) is 3. The molecule has 1 aromatic heterocycles. The third kappa shape index (κ3) is 3.55. The second-order valence-corrected chi connectivity index (χ2v) is 6.36. The fourth-order valence-corrected chi connectivity index (χ4v) is 3.71. The molecule has 1 aliphatic rings. The molecule has 24 heavy (non-hydrogen) atoms. The Morgan fingerprint density at radius 1 is 1.25 bits per heavy atom. The maximum Gasteiger partial charge on any atom is 0.225 e. The molecule has 128 valence electrons. The van der Waals surface area contributed by atoms with Crippen molar-refractivity contribution in [1.82, 2.24) is 14.7 Å². The molecule has 7 nitrogen and oxygen atoms in total. The Balaban J connectivity index is 1.85. The van der Waals surface area contributed by atoms with Crippen molar-refractivity contribution < 1.29 is 13.5 Å². The Hall–Kier alpha value is -2.03. The third-order valence-electron chi connectivity index (χ3n) is 4.35. The predicted molar refractivity (Wildman–Crippen MR) is 90.2 cm³/mol. The van der Waals surface area contributed by atoms with Gasteiger partial charge in [0, 0.05) is 36.7 Å². The minimum absolute atomic E-state index is 0.617. The minimum Gasteiger partial charge on any atom is -0.760 e. The quantitative estimate of drug-likeness (QED) is 0.822. The van der Waals surface area contributed by atoms with E-state index in [1.165, 1.54) is 0 Å².